The van der Waals surface area contributed by atoms with Crippen LogP contribution in [0.2, 0.25) is 10.3 Å². The van der Waals surface area contributed by atoms with E-state index in [1.165, 1.54) is 0 Å². The van der Waals surface area contributed by atoms with Gasteiger partial charge in [0.1, 0.15) is 70.9 Å². The lowest BCUT2D eigenvalue weighted by Gasteiger charge is -2.12. The Morgan fingerprint density at radius 2 is 0.705 bits per heavy atom. The smallest absolute Gasteiger partial charge is 0.159 e. The summed E-state index contributed by atoms with van der Waals surface area (Å²) in [6, 6.07) is 62.3. The molecule has 6 aromatic carbocycles. The Balaban J connectivity index is 0.000000149. The van der Waals surface area contributed by atoms with Gasteiger partial charge in [-0.2, -0.15) is 41.4 Å². The van der Waals surface area contributed by atoms with E-state index in [0.717, 1.165) is 157 Å². The Morgan fingerprint density at radius 1 is 0.375 bits per heavy atom. The van der Waals surface area contributed by atoms with Gasteiger partial charge in [-0.15, -0.1) is 0 Å². The zero-order valence-corrected chi connectivity index (χ0v) is 64.5. The topological polar surface area (TPSA) is 289 Å². The molecule has 14 aromatic rings. The van der Waals surface area contributed by atoms with E-state index < -0.39 is 0 Å². The molecule has 0 fully saturated rings. The normalized spacial score (nSPS) is 10.5. The van der Waals surface area contributed by atoms with Gasteiger partial charge in [0.15, 0.2) is 11.6 Å². The number of rotatable bonds is 20. The van der Waals surface area contributed by atoms with Crippen LogP contribution in [0.3, 0.4) is 0 Å². The van der Waals surface area contributed by atoms with Gasteiger partial charge in [0.05, 0.1) is 87.9 Å². The predicted octanol–water partition coefficient (Wildman–Crippen LogP) is 18.9. The van der Waals surface area contributed by atoms with Crippen molar-refractivity contribution >= 4 is 34.8 Å². The number of pyridine rings is 4. The highest BCUT2D eigenvalue weighted by Gasteiger charge is 2.22. The average molecular weight is 1520 g/mol. The van der Waals surface area contributed by atoms with Gasteiger partial charge in [-0.3, -0.25) is 38.3 Å². The molecule has 8 heterocycles. The molecule has 0 saturated carbocycles. The van der Waals surface area contributed by atoms with Crippen molar-refractivity contribution in [3.05, 3.63) is 263 Å². The maximum Gasteiger partial charge on any atom is 0.159 e. The van der Waals surface area contributed by atoms with Crippen LogP contribution >= 0.6 is 23.2 Å². The molecule has 0 unspecified atom stereocenters. The lowest BCUT2D eigenvalue weighted by molar-refractivity contribution is 0.100. The average Bonchev–Trinajstić information content (AvgIpc) is 1.61. The molecule has 14 rings (SSSR count). The van der Waals surface area contributed by atoms with Gasteiger partial charge >= 0.3 is 0 Å². The minimum Gasteiger partial charge on any atom is -0.497 e. The largest absolute Gasteiger partial charge is 0.497 e. The maximum absolute atomic E-state index is 11.8. The minimum absolute atomic E-state index is 0.0106. The number of ether oxygens (including phenoxy) is 4. The van der Waals surface area contributed by atoms with E-state index in [4.69, 9.17) is 52.7 Å². The summed E-state index contributed by atoms with van der Waals surface area (Å²) < 4.78 is 28.3. The Labute approximate surface area is 658 Å². The summed E-state index contributed by atoms with van der Waals surface area (Å²) in [4.78, 5) is 40.6. The van der Waals surface area contributed by atoms with Crippen molar-refractivity contribution in [2.24, 2.45) is 0 Å². The van der Waals surface area contributed by atoms with Gasteiger partial charge in [-0.1, -0.05) is 59.6 Å². The Kier molecular flexibility index (Phi) is 25.8. The van der Waals surface area contributed by atoms with Gasteiger partial charge in [-0.25, -0.2) is 9.97 Å². The minimum atomic E-state index is 0.0106. The van der Waals surface area contributed by atoms with E-state index in [2.05, 4.69) is 70.7 Å². The summed E-state index contributed by atoms with van der Waals surface area (Å²) >= 11 is 12.0. The number of carbonyl (C=O) groups is 2. The summed E-state index contributed by atoms with van der Waals surface area (Å²) in [5, 5.41) is 55.5. The quantitative estimate of drug-likeness (QED) is 0.0506. The van der Waals surface area contributed by atoms with Gasteiger partial charge in [0.2, 0.25) is 0 Å². The SMILES string of the molecule is COc1cc(C)cc(-c2c(-c3ccnc(-c4cccc(C(C)=O)c4)c3)cnn2CC#N)c1.COc1cc(C)cc(-c2c(-c3ccnc(Cl)c3)cnn2CC#N)c1.COc1cc(C)cc(-c2nn(CC#N)cc2-c2ccnc(-c3cccc(C(C)=O)c3)c2)c1.COc1cc(C)cc(-c2nn(CC#N)cc2-c2ccnc(Cl)c2)c1. The van der Waals surface area contributed by atoms with Crippen LogP contribution in [0.1, 0.15) is 56.8 Å². The molecule has 24 heteroatoms. The highest BCUT2D eigenvalue weighted by atomic mass is 35.5. The third kappa shape index (κ3) is 19.2. The number of halogens is 2. The van der Waals surface area contributed by atoms with Gasteiger partial charge < -0.3 is 18.9 Å². The molecule has 0 atom stereocenters. The first kappa shape index (κ1) is 78.9. The van der Waals surface area contributed by atoms with E-state index in [-0.39, 0.29) is 37.7 Å². The predicted molar refractivity (Wildman–Crippen MR) is 432 cm³/mol. The van der Waals surface area contributed by atoms with Crippen LogP contribution in [0, 0.1) is 73.0 Å². The monoisotopic (exact) mass is 1520 g/mol. The fourth-order valence-corrected chi connectivity index (χ4v) is 13.0. The van der Waals surface area contributed by atoms with Gasteiger partial charge in [0.25, 0.3) is 0 Å². The molecule has 0 bridgehead atoms. The molecule has 8 aromatic heterocycles. The van der Waals surface area contributed by atoms with Crippen LogP contribution < -0.4 is 18.9 Å². The first-order valence-corrected chi connectivity index (χ1v) is 35.7. The van der Waals surface area contributed by atoms with Crippen molar-refractivity contribution < 1.29 is 28.5 Å². The number of Topliss-reactive ketones (excluding diaryl/α,β-unsaturated/α-hetero) is 2. The first-order valence-electron chi connectivity index (χ1n) is 35.0. The number of ketones is 2. The second-order valence-electron chi connectivity index (χ2n) is 25.8. The number of hydrogen-bond donors (Lipinski definition) is 0. The molecule has 0 aliphatic carbocycles. The van der Waals surface area contributed by atoms with Crippen LogP contribution in [0.4, 0.5) is 0 Å². The van der Waals surface area contributed by atoms with Gasteiger partial charge in [-0.05, 0) is 220 Å². The molecule has 0 amide bonds. The third-order valence-corrected chi connectivity index (χ3v) is 18.1. The van der Waals surface area contributed by atoms with Crippen molar-refractivity contribution in [1.82, 2.24) is 59.1 Å². The summed E-state index contributed by atoms with van der Waals surface area (Å²) in [5.41, 5.74) is 22.8. The zero-order chi connectivity index (χ0) is 79.5. The molecule has 0 spiro atoms. The standard InChI is InChI=1S/2C26H22N4O2.2C18H15ClN4O/c1-17-11-22(14-23(12-17)32-3)26-24(16-30(29-26)10-8-27)20-7-9-28-25(15-20)21-6-4-5-19(13-21)18(2)31;1-17-11-22(14-23(12-17)32-3)26-24(16-29-30(26)10-8-27)20-7-9-28-25(15-20)21-6-4-5-19(13-21)18(2)31;1-12-7-14(9-15(8-12)24-2)18-16(11-23(22-18)6-4-20)13-3-5-21-17(19)10-13;1-12-7-14(9-15(8-12)24-2)18-16(11-22-23(18)6-4-20)13-3-5-21-17(19)10-13/h2*4-7,9,11-16H,10H2,1-3H3;2*3,5,7-11H,6H2,1-2H3. The fourth-order valence-electron chi connectivity index (χ4n) is 12.6. The second-order valence-corrected chi connectivity index (χ2v) is 26.5. The molecule has 22 nitrogen and oxygen atoms in total. The van der Waals surface area contributed by atoms with Crippen molar-refractivity contribution in [3.63, 3.8) is 0 Å². The second kappa shape index (κ2) is 36.6. The maximum atomic E-state index is 11.8. The molecule has 0 aliphatic rings. The highest BCUT2D eigenvalue weighted by Crippen LogP contribution is 2.40. The lowest BCUT2D eigenvalue weighted by atomic mass is 9.98. The van der Waals surface area contributed by atoms with E-state index in [9.17, 15) is 20.1 Å². The summed E-state index contributed by atoms with van der Waals surface area (Å²) in [5.74, 6) is 3.03. The number of nitriles is 4. The van der Waals surface area contributed by atoms with Crippen molar-refractivity contribution in [3.8, 4) is 159 Å². The fraction of sp³-hybridized carbons (Fsp3) is 0.159. The lowest BCUT2D eigenvalue weighted by Crippen LogP contribution is -2.01. The molecule has 0 N–H and O–H groups in total. The van der Waals surface area contributed by atoms with Crippen LogP contribution in [-0.2, 0) is 26.2 Å². The van der Waals surface area contributed by atoms with E-state index >= 15 is 0 Å². The third-order valence-electron chi connectivity index (χ3n) is 17.7. The summed E-state index contributed by atoms with van der Waals surface area (Å²) in [6.07, 6.45) is 14.0. The zero-order valence-electron chi connectivity index (χ0n) is 63.0. The molecular formula is C88H74Cl2N16O6. The molecular weight excluding hydrogens is 1450 g/mol. The number of hydrogen-bond acceptors (Lipinski definition) is 18. The van der Waals surface area contributed by atoms with Crippen LogP contribution in [-0.4, -0.2) is 99.1 Å². The van der Waals surface area contributed by atoms with Gasteiger partial charge in [0, 0.05) is 104 Å². The Hall–Kier alpha value is -14.2. The number of aryl methyl sites for hydroxylation is 4. The van der Waals surface area contributed by atoms with Crippen molar-refractivity contribution in [2.75, 3.05) is 28.4 Å². The van der Waals surface area contributed by atoms with Crippen molar-refractivity contribution in [2.45, 2.75) is 67.7 Å². The van der Waals surface area contributed by atoms with E-state index in [1.54, 1.807) is 122 Å². The molecule has 112 heavy (non-hydrogen) atoms. The van der Waals surface area contributed by atoms with E-state index in [1.807, 2.05) is 180 Å². The number of benzene rings is 6. The molecule has 0 saturated heterocycles. The number of methoxy groups -OCH3 is 4. The van der Waals surface area contributed by atoms with Crippen LogP contribution in [0.25, 0.3) is 112 Å². The van der Waals surface area contributed by atoms with Crippen LogP contribution in [0.5, 0.6) is 23.0 Å². The highest BCUT2D eigenvalue weighted by molar-refractivity contribution is 6.30. The number of carbonyl (C=O) groups excluding carboxylic acids is 2. The molecule has 0 aliphatic heterocycles. The molecule has 556 valence electrons. The Bertz CT molecular complexity index is 5850. The number of aromatic nitrogens is 12. The summed E-state index contributed by atoms with van der Waals surface area (Å²) in [7, 11) is 6.54. The summed E-state index contributed by atoms with van der Waals surface area (Å²) in [6.45, 7) is 11.7. The number of nitrogens with zero attached hydrogens (tertiary/aromatic N) is 16. The first-order chi connectivity index (χ1) is 54.2. The molecule has 0 radical (unpaired) electrons. The van der Waals surface area contributed by atoms with E-state index in [0.29, 0.717) is 21.4 Å². The Morgan fingerprint density at radius 3 is 1.05 bits per heavy atom. The van der Waals surface area contributed by atoms with Crippen molar-refractivity contribution in [1.29, 1.82) is 21.0 Å². The van der Waals surface area contributed by atoms with Crippen LogP contribution in [0.15, 0.2) is 219 Å².